The van der Waals surface area contributed by atoms with Crippen molar-refractivity contribution in [2.45, 2.75) is 0 Å². The van der Waals surface area contributed by atoms with Crippen LogP contribution in [-0.4, -0.2) is 61.1 Å². The summed E-state index contributed by atoms with van der Waals surface area (Å²) < 4.78 is 8.62. The molecule has 0 aromatic rings. The van der Waals surface area contributed by atoms with Gasteiger partial charge in [-0.25, -0.2) is 19.4 Å². The lowest BCUT2D eigenvalue weighted by Gasteiger charge is -2.29. The lowest BCUT2D eigenvalue weighted by atomic mass is 10.3. The monoisotopic (exact) mass is 230 g/mol. The number of amides is 4. The van der Waals surface area contributed by atoms with E-state index >= 15 is 0 Å². The van der Waals surface area contributed by atoms with E-state index in [0.29, 0.717) is 9.80 Å². The second-order valence-electron chi connectivity index (χ2n) is 2.85. The number of hydrogen-bond acceptors (Lipinski definition) is 6. The second-order valence-corrected chi connectivity index (χ2v) is 2.85. The zero-order valence-corrected chi connectivity index (χ0v) is 8.76. The largest absolute Gasteiger partial charge is 0.452 e. The Morgan fingerprint density at radius 1 is 0.938 bits per heavy atom. The van der Waals surface area contributed by atoms with Crippen LogP contribution in [-0.2, 0) is 19.1 Å². The average Bonchev–Trinajstić information content (AvgIpc) is 2.30. The minimum atomic E-state index is -1.11. The second kappa shape index (κ2) is 4.60. The van der Waals surface area contributed by atoms with E-state index < -0.39 is 24.0 Å². The van der Waals surface area contributed by atoms with E-state index in [1.165, 1.54) is 0 Å². The number of carbonyl (C=O) groups is 4. The Morgan fingerprint density at radius 2 is 1.25 bits per heavy atom. The van der Waals surface area contributed by atoms with Crippen molar-refractivity contribution < 1.29 is 28.7 Å². The molecule has 1 fully saturated rings. The Balaban J connectivity index is 2.80. The van der Waals surface area contributed by atoms with E-state index in [4.69, 9.17) is 0 Å². The molecule has 0 aromatic carbocycles. The van der Waals surface area contributed by atoms with Gasteiger partial charge in [-0.15, -0.1) is 0 Å². The van der Waals surface area contributed by atoms with Crippen molar-refractivity contribution in [3.8, 4) is 0 Å². The number of piperazine rings is 1. The first-order valence-electron chi connectivity index (χ1n) is 4.32. The Labute approximate surface area is 90.7 Å². The highest BCUT2D eigenvalue weighted by Gasteiger charge is 2.39. The number of hydrogen-bond donors (Lipinski definition) is 0. The number of rotatable bonds is 0. The summed E-state index contributed by atoms with van der Waals surface area (Å²) >= 11 is 0. The van der Waals surface area contributed by atoms with Gasteiger partial charge in [0.25, 0.3) is 0 Å². The van der Waals surface area contributed by atoms with Crippen LogP contribution in [0.25, 0.3) is 0 Å². The van der Waals surface area contributed by atoms with Gasteiger partial charge in [-0.05, 0) is 0 Å². The molecule has 1 heterocycles. The molecule has 1 rings (SSSR count). The Morgan fingerprint density at radius 3 is 1.50 bits per heavy atom. The molecule has 0 aliphatic carbocycles. The van der Waals surface area contributed by atoms with Gasteiger partial charge in [0.05, 0.1) is 27.3 Å². The molecule has 0 bridgehead atoms. The summed E-state index contributed by atoms with van der Waals surface area (Å²) in [4.78, 5) is 46.1. The minimum Gasteiger partial charge on any atom is -0.452 e. The number of nitrogens with zero attached hydrogens (tertiary/aromatic N) is 2. The summed E-state index contributed by atoms with van der Waals surface area (Å²) in [6, 6.07) is 0. The highest BCUT2D eigenvalue weighted by Crippen LogP contribution is 2.07. The van der Waals surface area contributed by atoms with E-state index in [-0.39, 0.29) is 13.1 Å². The number of methoxy groups -OCH3 is 2. The third-order valence-corrected chi connectivity index (χ3v) is 2.01. The van der Waals surface area contributed by atoms with Gasteiger partial charge in [-0.2, -0.15) is 0 Å². The fourth-order valence-corrected chi connectivity index (χ4v) is 1.20. The third kappa shape index (κ3) is 1.95. The van der Waals surface area contributed by atoms with E-state index in [9.17, 15) is 19.2 Å². The fourth-order valence-electron chi connectivity index (χ4n) is 1.20. The first-order chi connectivity index (χ1) is 7.52. The van der Waals surface area contributed by atoms with Gasteiger partial charge in [0.15, 0.2) is 0 Å². The first-order valence-corrected chi connectivity index (χ1v) is 4.32. The Hall–Kier alpha value is -2.12. The molecule has 4 amide bonds. The standard InChI is InChI=1S/C8H10N2O6/c1-15-7(13)9-3-4-10(8(14)16-2)6(12)5(9)11/h3-4H2,1-2H3. The summed E-state index contributed by atoms with van der Waals surface area (Å²) in [5.41, 5.74) is 0. The van der Waals surface area contributed by atoms with Crippen molar-refractivity contribution in [1.29, 1.82) is 0 Å². The topological polar surface area (TPSA) is 93.2 Å². The molecule has 16 heavy (non-hydrogen) atoms. The van der Waals surface area contributed by atoms with Crippen molar-refractivity contribution in [2.75, 3.05) is 27.3 Å². The molecule has 0 N–H and O–H groups in total. The lowest BCUT2D eigenvalue weighted by Crippen LogP contribution is -2.57. The summed E-state index contributed by atoms with van der Waals surface area (Å²) in [6.07, 6.45) is -1.86. The molecule has 8 nitrogen and oxygen atoms in total. The molecule has 0 unspecified atom stereocenters. The maximum Gasteiger partial charge on any atom is 0.416 e. The van der Waals surface area contributed by atoms with Gasteiger partial charge >= 0.3 is 24.0 Å². The Bertz CT molecular complexity index is 318. The zero-order valence-electron chi connectivity index (χ0n) is 8.76. The van der Waals surface area contributed by atoms with Crippen molar-refractivity contribution in [2.24, 2.45) is 0 Å². The van der Waals surface area contributed by atoms with Crippen LogP contribution in [0, 0.1) is 0 Å². The molecule has 0 spiro atoms. The molecular formula is C8H10N2O6. The highest BCUT2D eigenvalue weighted by atomic mass is 16.6. The van der Waals surface area contributed by atoms with Crippen LogP contribution >= 0.6 is 0 Å². The molecule has 8 heteroatoms. The highest BCUT2D eigenvalue weighted by molar-refractivity contribution is 6.39. The van der Waals surface area contributed by atoms with Gasteiger partial charge in [0, 0.05) is 0 Å². The predicted molar refractivity (Wildman–Crippen MR) is 48.2 cm³/mol. The van der Waals surface area contributed by atoms with E-state index in [1.807, 2.05) is 0 Å². The van der Waals surface area contributed by atoms with Gasteiger partial charge in [0.2, 0.25) is 0 Å². The average molecular weight is 230 g/mol. The smallest absolute Gasteiger partial charge is 0.416 e. The number of carbonyl (C=O) groups excluding carboxylic acids is 4. The molecule has 1 saturated heterocycles. The van der Waals surface area contributed by atoms with Crippen molar-refractivity contribution in [1.82, 2.24) is 9.80 Å². The Kier molecular flexibility index (Phi) is 3.44. The fraction of sp³-hybridized carbons (Fsp3) is 0.500. The van der Waals surface area contributed by atoms with Gasteiger partial charge in [-0.1, -0.05) is 0 Å². The van der Waals surface area contributed by atoms with E-state index in [1.54, 1.807) is 0 Å². The molecule has 1 aliphatic rings. The quantitative estimate of drug-likeness (QED) is 0.505. The van der Waals surface area contributed by atoms with E-state index in [2.05, 4.69) is 9.47 Å². The van der Waals surface area contributed by atoms with Gasteiger partial charge < -0.3 is 9.47 Å². The third-order valence-electron chi connectivity index (χ3n) is 2.01. The lowest BCUT2D eigenvalue weighted by molar-refractivity contribution is -0.153. The summed E-state index contributed by atoms with van der Waals surface area (Å²) in [6.45, 7) is -0.210. The molecule has 0 saturated carbocycles. The van der Waals surface area contributed by atoms with E-state index in [0.717, 1.165) is 14.2 Å². The maximum absolute atomic E-state index is 11.4. The molecule has 0 radical (unpaired) electrons. The summed E-state index contributed by atoms with van der Waals surface area (Å²) in [5.74, 6) is -2.22. The zero-order chi connectivity index (χ0) is 12.3. The molecule has 0 atom stereocenters. The van der Waals surface area contributed by atoms with Crippen LogP contribution < -0.4 is 0 Å². The van der Waals surface area contributed by atoms with Crippen LogP contribution in [0.4, 0.5) is 9.59 Å². The van der Waals surface area contributed by atoms with Gasteiger partial charge in [-0.3, -0.25) is 9.59 Å². The van der Waals surface area contributed by atoms with Crippen LogP contribution in [0.15, 0.2) is 0 Å². The SMILES string of the molecule is COC(=O)N1CCN(C(=O)OC)C(=O)C1=O. The van der Waals surface area contributed by atoms with Crippen LogP contribution in [0.5, 0.6) is 0 Å². The van der Waals surface area contributed by atoms with Crippen molar-refractivity contribution in [3.05, 3.63) is 0 Å². The van der Waals surface area contributed by atoms with Crippen LogP contribution in [0.1, 0.15) is 0 Å². The summed E-state index contributed by atoms with van der Waals surface area (Å²) in [5, 5.41) is 0. The number of ether oxygens (including phenoxy) is 2. The minimum absolute atomic E-state index is 0.105. The number of imide groups is 2. The molecular weight excluding hydrogens is 220 g/mol. The molecule has 0 aromatic heterocycles. The van der Waals surface area contributed by atoms with Crippen LogP contribution in [0.3, 0.4) is 0 Å². The maximum atomic E-state index is 11.4. The predicted octanol–water partition coefficient (Wildman–Crippen LogP) is -0.810. The van der Waals surface area contributed by atoms with Crippen LogP contribution in [0.2, 0.25) is 0 Å². The molecule has 1 aliphatic heterocycles. The van der Waals surface area contributed by atoms with Crippen molar-refractivity contribution >= 4 is 24.0 Å². The molecule has 88 valence electrons. The summed E-state index contributed by atoms with van der Waals surface area (Å²) in [7, 11) is 2.18. The first kappa shape index (κ1) is 12.0. The van der Waals surface area contributed by atoms with Crippen molar-refractivity contribution in [3.63, 3.8) is 0 Å². The van der Waals surface area contributed by atoms with Gasteiger partial charge in [0.1, 0.15) is 0 Å². The normalized spacial score (nSPS) is 16.1.